The molecule has 1 aliphatic heterocycles. The standard InChI is InChI=1S/C39H43N3O6/c1-25(2)19-32(36(45)39(3)24-48-39)41-38(47)34(21-26-9-5-4-6-10-26)42-37(46)33(22-27-14-17-31(43)18-15-27)40-35(44)23-28-13-16-29-11-7-8-12-30(29)20-28/h4-18,20,25,32-34,43H,19,21-24H2,1-3H3,(H,40,44)(H,41,47)(H,42,46)/t32-,33-,34-,39+/m0/s1. The highest BCUT2D eigenvalue weighted by Gasteiger charge is 2.50. The predicted octanol–water partition coefficient (Wildman–Crippen LogP) is 4.43. The Kier molecular flexibility index (Phi) is 10.9. The molecule has 9 nitrogen and oxygen atoms in total. The molecule has 1 aliphatic rings. The van der Waals surface area contributed by atoms with Crippen molar-refractivity contribution in [2.45, 2.75) is 70.2 Å². The summed E-state index contributed by atoms with van der Waals surface area (Å²) in [5, 5.41) is 20.5. The molecule has 0 aliphatic carbocycles. The van der Waals surface area contributed by atoms with Gasteiger partial charge in [-0.2, -0.15) is 0 Å². The van der Waals surface area contributed by atoms with Gasteiger partial charge in [0, 0.05) is 12.8 Å². The molecule has 250 valence electrons. The Morgan fingerprint density at radius 3 is 1.88 bits per heavy atom. The molecule has 5 rings (SSSR count). The van der Waals surface area contributed by atoms with Crippen LogP contribution in [0.3, 0.4) is 0 Å². The third-order valence-electron chi connectivity index (χ3n) is 8.56. The maximum Gasteiger partial charge on any atom is 0.243 e. The Bertz CT molecular complexity index is 1750. The number of epoxide rings is 1. The predicted molar refractivity (Wildman–Crippen MR) is 184 cm³/mol. The lowest BCUT2D eigenvalue weighted by Crippen LogP contribution is -2.57. The van der Waals surface area contributed by atoms with Gasteiger partial charge in [0.05, 0.1) is 19.1 Å². The molecule has 1 saturated heterocycles. The van der Waals surface area contributed by atoms with Crippen molar-refractivity contribution < 1.29 is 29.0 Å². The highest BCUT2D eigenvalue weighted by molar-refractivity contribution is 5.98. The van der Waals surface area contributed by atoms with Gasteiger partial charge in [-0.3, -0.25) is 19.2 Å². The smallest absolute Gasteiger partial charge is 0.243 e. The maximum absolute atomic E-state index is 14.0. The van der Waals surface area contributed by atoms with Crippen LogP contribution in [0.25, 0.3) is 10.8 Å². The zero-order valence-corrected chi connectivity index (χ0v) is 27.6. The first-order valence-corrected chi connectivity index (χ1v) is 16.4. The van der Waals surface area contributed by atoms with Crippen LogP contribution in [0.15, 0.2) is 97.1 Å². The summed E-state index contributed by atoms with van der Waals surface area (Å²) in [6.45, 7) is 5.96. The van der Waals surface area contributed by atoms with Crippen molar-refractivity contribution in [3.05, 3.63) is 114 Å². The molecule has 4 atom stereocenters. The maximum atomic E-state index is 14.0. The molecule has 1 fully saturated rings. The number of carbonyl (C=O) groups is 4. The summed E-state index contributed by atoms with van der Waals surface area (Å²) in [6, 6.07) is 26.5. The van der Waals surface area contributed by atoms with Crippen molar-refractivity contribution in [2.24, 2.45) is 5.92 Å². The number of nitrogens with one attached hydrogen (secondary N) is 3. The second-order valence-electron chi connectivity index (χ2n) is 13.2. The van der Waals surface area contributed by atoms with Crippen molar-refractivity contribution in [1.29, 1.82) is 0 Å². The van der Waals surface area contributed by atoms with Crippen LogP contribution in [0.4, 0.5) is 0 Å². The largest absolute Gasteiger partial charge is 0.508 e. The Balaban J connectivity index is 1.36. The van der Waals surface area contributed by atoms with Gasteiger partial charge in [-0.15, -0.1) is 0 Å². The van der Waals surface area contributed by atoms with Gasteiger partial charge in [-0.1, -0.05) is 98.8 Å². The highest BCUT2D eigenvalue weighted by Crippen LogP contribution is 2.29. The van der Waals surface area contributed by atoms with E-state index in [2.05, 4.69) is 16.0 Å². The molecule has 0 unspecified atom stereocenters. The molecule has 0 radical (unpaired) electrons. The third kappa shape index (κ3) is 9.29. The fourth-order valence-electron chi connectivity index (χ4n) is 5.78. The molecule has 4 N–H and O–H groups in total. The van der Waals surface area contributed by atoms with Gasteiger partial charge in [0.25, 0.3) is 0 Å². The SMILES string of the molecule is CC(C)C[C@H](NC(=O)[C@H](Cc1ccccc1)NC(=O)[C@H](Cc1ccc(O)cc1)NC(=O)Cc1ccc2ccccc2c1)C(=O)[C@@]1(C)CO1. The third-order valence-corrected chi connectivity index (χ3v) is 8.56. The fraction of sp³-hybridized carbons (Fsp3) is 0.333. The average molecular weight is 650 g/mol. The van der Waals surface area contributed by atoms with E-state index in [1.165, 1.54) is 12.1 Å². The number of aromatic hydroxyl groups is 1. The zero-order chi connectivity index (χ0) is 34.3. The number of ketones is 1. The molecule has 0 bridgehead atoms. The molecule has 4 aromatic carbocycles. The lowest BCUT2D eigenvalue weighted by Gasteiger charge is -2.27. The van der Waals surface area contributed by atoms with Crippen molar-refractivity contribution in [1.82, 2.24) is 16.0 Å². The first-order valence-electron chi connectivity index (χ1n) is 16.4. The molecule has 0 aromatic heterocycles. The van der Waals surface area contributed by atoms with E-state index in [4.69, 9.17) is 4.74 Å². The van der Waals surface area contributed by atoms with Crippen molar-refractivity contribution >= 4 is 34.3 Å². The quantitative estimate of drug-likeness (QED) is 0.141. The Labute approximate surface area is 281 Å². The number of carbonyl (C=O) groups excluding carboxylic acids is 4. The summed E-state index contributed by atoms with van der Waals surface area (Å²) in [5.74, 6) is -1.39. The van der Waals surface area contributed by atoms with Crippen LogP contribution in [0.5, 0.6) is 5.75 Å². The second kappa shape index (κ2) is 15.3. The molecule has 48 heavy (non-hydrogen) atoms. The summed E-state index contributed by atoms with van der Waals surface area (Å²) in [7, 11) is 0. The molecule has 0 spiro atoms. The van der Waals surface area contributed by atoms with Gasteiger partial charge in [0.15, 0.2) is 5.78 Å². The summed E-state index contributed by atoms with van der Waals surface area (Å²) < 4.78 is 5.39. The van der Waals surface area contributed by atoms with Crippen LogP contribution in [0.2, 0.25) is 0 Å². The lowest BCUT2D eigenvalue weighted by molar-refractivity contribution is -0.134. The first kappa shape index (κ1) is 34.3. The molecule has 1 heterocycles. The normalized spacial score (nSPS) is 17.2. The van der Waals surface area contributed by atoms with Gasteiger partial charge in [0.2, 0.25) is 17.7 Å². The molecule has 4 aromatic rings. The van der Waals surface area contributed by atoms with E-state index < -0.39 is 35.5 Å². The summed E-state index contributed by atoms with van der Waals surface area (Å²) in [6.07, 6.45) is 0.771. The van der Waals surface area contributed by atoms with E-state index in [9.17, 15) is 24.3 Å². The topological polar surface area (TPSA) is 137 Å². The number of benzene rings is 4. The first-order chi connectivity index (χ1) is 23.0. The van der Waals surface area contributed by atoms with E-state index in [1.54, 1.807) is 19.1 Å². The lowest BCUT2D eigenvalue weighted by atomic mass is 9.93. The molecule has 0 saturated carbocycles. The van der Waals surface area contributed by atoms with Crippen LogP contribution in [0.1, 0.15) is 43.9 Å². The van der Waals surface area contributed by atoms with Crippen molar-refractivity contribution in [3.63, 3.8) is 0 Å². The van der Waals surface area contributed by atoms with E-state index >= 15 is 0 Å². The number of rotatable bonds is 15. The van der Waals surface area contributed by atoms with Crippen LogP contribution < -0.4 is 16.0 Å². The zero-order valence-electron chi connectivity index (χ0n) is 27.6. The van der Waals surface area contributed by atoms with E-state index in [0.29, 0.717) is 18.6 Å². The van der Waals surface area contributed by atoms with Gasteiger partial charge in [-0.25, -0.2) is 0 Å². The average Bonchev–Trinajstić information content (AvgIpc) is 3.82. The number of amides is 3. The molecule has 3 amide bonds. The summed E-state index contributed by atoms with van der Waals surface area (Å²) >= 11 is 0. The minimum atomic E-state index is -1.03. The van der Waals surface area contributed by atoms with E-state index in [-0.39, 0.29) is 42.6 Å². The Hall–Kier alpha value is -5.02. The van der Waals surface area contributed by atoms with Crippen molar-refractivity contribution in [2.75, 3.05) is 6.61 Å². The van der Waals surface area contributed by atoms with Crippen LogP contribution in [-0.4, -0.2) is 58.9 Å². The second-order valence-corrected chi connectivity index (χ2v) is 13.2. The van der Waals surface area contributed by atoms with Crippen LogP contribution in [-0.2, 0) is 43.2 Å². The molecular formula is C39H43N3O6. The number of fused-ring (bicyclic) bond motifs is 1. The summed E-state index contributed by atoms with van der Waals surface area (Å²) in [4.78, 5) is 54.6. The van der Waals surface area contributed by atoms with E-state index in [1.807, 2.05) is 86.6 Å². The van der Waals surface area contributed by atoms with Gasteiger partial charge < -0.3 is 25.8 Å². The number of phenolic OH excluding ortho intramolecular Hbond substituents is 1. The minimum Gasteiger partial charge on any atom is -0.508 e. The number of hydrogen-bond acceptors (Lipinski definition) is 6. The Morgan fingerprint density at radius 2 is 1.25 bits per heavy atom. The Morgan fingerprint density at radius 1 is 0.708 bits per heavy atom. The van der Waals surface area contributed by atoms with Crippen LogP contribution >= 0.6 is 0 Å². The number of hydrogen-bond donors (Lipinski definition) is 4. The number of Topliss-reactive ketones (excluding diaryl/α,β-unsaturated/α-hetero) is 1. The van der Waals surface area contributed by atoms with Gasteiger partial charge >= 0.3 is 0 Å². The molecule has 9 heteroatoms. The monoisotopic (exact) mass is 649 g/mol. The minimum absolute atomic E-state index is 0.0535. The van der Waals surface area contributed by atoms with Crippen LogP contribution in [0, 0.1) is 5.92 Å². The van der Waals surface area contributed by atoms with Gasteiger partial charge in [0.1, 0.15) is 23.4 Å². The highest BCUT2D eigenvalue weighted by atomic mass is 16.6. The number of ether oxygens (including phenoxy) is 1. The number of phenols is 1. The van der Waals surface area contributed by atoms with Crippen molar-refractivity contribution in [3.8, 4) is 5.75 Å². The van der Waals surface area contributed by atoms with E-state index in [0.717, 1.165) is 21.9 Å². The summed E-state index contributed by atoms with van der Waals surface area (Å²) in [5.41, 5.74) is 1.40. The van der Waals surface area contributed by atoms with Gasteiger partial charge in [-0.05, 0) is 58.9 Å². The molecular weight excluding hydrogens is 606 g/mol. The fourth-order valence-corrected chi connectivity index (χ4v) is 5.78.